The number of hydrogen-bond acceptors (Lipinski definition) is 4. The standard InChI is InChI=1S/C29H29F3N4O2/c1-19-3-12-26-34-20(2)27(36(26)18-19)28(37)33-17-21-4-8-24(9-5-21)35-15-13-23(14-16-35)22-6-10-25(11-7-22)38-29(30,31)32/h3-12,18,23H,13-17H2,1-2H3,(H,33,37)/i3D,12D,18D. The molecule has 38 heavy (non-hydrogen) atoms. The maximum Gasteiger partial charge on any atom is 0.573 e. The lowest BCUT2D eigenvalue weighted by molar-refractivity contribution is -0.274. The van der Waals surface area contributed by atoms with Crippen molar-refractivity contribution in [2.24, 2.45) is 0 Å². The third-order valence-electron chi connectivity index (χ3n) is 6.74. The predicted molar refractivity (Wildman–Crippen MR) is 140 cm³/mol. The third-order valence-corrected chi connectivity index (χ3v) is 6.74. The number of rotatable bonds is 6. The number of hydrogen-bond donors (Lipinski definition) is 1. The highest BCUT2D eigenvalue weighted by molar-refractivity contribution is 5.94. The monoisotopic (exact) mass is 525 g/mol. The van der Waals surface area contributed by atoms with Crippen molar-refractivity contribution >= 4 is 17.2 Å². The van der Waals surface area contributed by atoms with Crippen LogP contribution in [0.4, 0.5) is 18.9 Å². The summed E-state index contributed by atoms with van der Waals surface area (Å²) in [6.45, 7) is 5.11. The van der Waals surface area contributed by atoms with Gasteiger partial charge in [-0.2, -0.15) is 0 Å². The van der Waals surface area contributed by atoms with E-state index in [1.165, 1.54) is 16.5 Å². The number of alkyl halides is 3. The number of nitrogens with one attached hydrogen (secondary N) is 1. The van der Waals surface area contributed by atoms with Crippen LogP contribution < -0.4 is 15.0 Å². The second kappa shape index (κ2) is 10.4. The number of nitrogens with zero attached hydrogens (tertiary/aromatic N) is 3. The number of halogens is 3. The maximum absolute atomic E-state index is 13.1. The molecular weight excluding hydrogens is 493 g/mol. The Morgan fingerprint density at radius 3 is 2.42 bits per heavy atom. The van der Waals surface area contributed by atoms with Crippen molar-refractivity contribution < 1.29 is 26.8 Å². The average molecular weight is 526 g/mol. The van der Waals surface area contributed by atoms with Crippen LogP contribution in [0.25, 0.3) is 5.65 Å². The van der Waals surface area contributed by atoms with E-state index in [0.717, 1.165) is 42.7 Å². The van der Waals surface area contributed by atoms with Crippen LogP contribution in [-0.2, 0) is 6.54 Å². The van der Waals surface area contributed by atoms with Crippen molar-refractivity contribution in [3.63, 3.8) is 0 Å². The molecule has 1 fully saturated rings. The molecule has 1 N–H and O–H groups in total. The van der Waals surface area contributed by atoms with E-state index in [1.807, 2.05) is 24.3 Å². The molecule has 1 aliphatic rings. The molecule has 4 aromatic rings. The molecule has 1 saturated heterocycles. The van der Waals surface area contributed by atoms with Gasteiger partial charge in [0, 0.05) is 31.5 Å². The fourth-order valence-electron chi connectivity index (χ4n) is 4.84. The van der Waals surface area contributed by atoms with Gasteiger partial charge in [-0.15, -0.1) is 13.2 Å². The molecule has 1 aliphatic heterocycles. The highest BCUT2D eigenvalue weighted by Crippen LogP contribution is 2.32. The van der Waals surface area contributed by atoms with E-state index in [1.54, 1.807) is 26.0 Å². The molecule has 3 heterocycles. The van der Waals surface area contributed by atoms with Gasteiger partial charge in [-0.1, -0.05) is 30.3 Å². The molecule has 0 atom stereocenters. The molecule has 198 valence electrons. The van der Waals surface area contributed by atoms with Crippen LogP contribution in [0.15, 0.2) is 66.8 Å². The van der Waals surface area contributed by atoms with E-state index < -0.39 is 12.3 Å². The van der Waals surface area contributed by atoms with Crippen LogP contribution >= 0.6 is 0 Å². The van der Waals surface area contributed by atoms with Gasteiger partial charge in [-0.3, -0.25) is 9.20 Å². The maximum atomic E-state index is 13.1. The number of aryl methyl sites for hydroxylation is 1. The minimum atomic E-state index is -4.70. The summed E-state index contributed by atoms with van der Waals surface area (Å²) in [6, 6.07) is 13.8. The normalized spacial score (nSPS) is 15.7. The second-order valence-corrected chi connectivity index (χ2v) is 9.42. The van der Waals surface area contributed by atoms with Crippen molar-refractivity contribution in [1.82, 2.24) is 14.7 Å². The zero-order valence-corrected chi connectivity index (χ0v) is 21.0. The predicted octanol–water partition coefficient (Wildman–Crippen LogP) is 6.16. The second-order valence-electron chi connectivity index (χ2n) is 9.42. The first-order valence-corrected chi connectivity index (χ1v) is 12.4. The molecule has 0 spiro atoms. The summed E-state index contributed by atoms with van der Waals surface area (Å²) in [6.07, 6.45) is -2.99. The number of carbonyl (C=O) groups is 1. The Morgan fingerprint density at radius 2 is 1.76 bits per heavy atom. The van der Waals surface area contributed by atoms with E-state index in [9.17, 15) is 18.0 Å². The molecule has 2 aromatic heterocycles. The molecule has 0 radical (unpaired) electrons. The first-order chi connectivity index (χ1) is 19.4. The fraction of sp³-hybridized carbons (Fsp3) is 0.310. The summed E-state index contributed by atoms with van der Waals surface area (Å²) in [4.78, 5) is 19.6. The largest absolute Gasteiger partial charge is 0.573 e. The van der Waals surface area contributed by atoms with E-state index >= 15 is 0 Å². The molecule has 0 aliphatic carbocycles. The highest BCUT2D eigenvalue weighted by Gasteiger charge is 2.31. The Kier molecular flexibility index (Phi) is 6.02. The van der Waals surface area contributed by atoms with Crippen LogP contribution in [0.1, 0.15) is 55.7 Å². The van der Waals surface area contributed by atoms with Gasteiger partial charge in [0.05, 0.1) is 9.81 Å². The number of aromatic nitrogens is 2. The summed E-state index contributed by atoms with van der Waals surface area (Å²) in [5.74, 6) is -0.371. The van der Waals surface area contributed by atoms with Gasteiger partial charge in [0.1, 0.15) is 17.1 Å². The summed E-state index contributed by atoms with van der Waals surface area (Å²) >= 11 is 0. The van der Waals surface area contributed by atoms with E-state index in [2.05, 4.69) is 19.9 Å². The van der Waals surface area contributed by atoms with Gasteiger partial charge in [0.25, 0.3) is 5.91 Å². The van der Waals surface area contributed by atoms with Crippen molar-refractivity contribution in [1.29, 1.82) is 0 Å². The molecule has 9 heteroatoms. The number of fused-ring (bicyclic) bond motifs is 1. The zero-order valence-electron chi connectivity index (χ0n) is 24.0. The Hall–Kier alpha value is -4.01. The number of ether oxygens (including phenoxy) is 1. The van der Waals surface area contributed by atoms with Crippen LogP contribution in [0, 0.1) is 13.8 Å². The molecular formula is C29H29F3N4O2. The van der Waals surface area contributed by atoms with Gasteiger partial charge in [-0.25, -0.2) is 4.98 Å². The van der Waals surface area contributed by atoms with Crippen LogP contribution in [0.5, 0.6) is 5.75 Å². The lowest BCUT2D eigenvalue weighted by Gasteiger charge is -2.34. The smallest absolute Gasteiger partial charge is 0.406 e. The summed E-state index contributed by atoms with van der Waals surface area (Å²) in [7, 11) is 0. The minimum absolute atomic E-state index is 0.0349. The minimum Gasteiger partial charge on any atom is -0.406 e. The number of carbonyl (C=O) groups excluding carboxylic acids is 1. The molecule has 0 bridgehead atoms. The van der Waals surface area contributed by atoms with Gasteiger partial charge in [-0.05, 0) is 79.6 Å². The van der Waals surface area contributed by atoms with Gasteiger partial charge in [0.2, 0.25) is 0 Å². The molecule has 2 aromatic carbocycles. The fourth-order valence-corrected chi connectivity index (χ4v) is 4.84. The van der Waals surface area contributed by atoms with Gasteiger partial charge >= 0.3 is 6.36 Å². The van der Waals surface area contributed by atoms with Crippen molar-refractivity contribution in [3.05, 3.63) is 94.9 Å². The SMILES string of the molecule is [2H]c1c(C)c([2H])n2c(C(=O)NCc3ccc(N4CCC(c5ccc(OC(F)(F)F)cc5)CC4)cc3)c(C)nc2c1[2H]. The van der Waals surface area contributed by atoms with Crippen molar-refractivity contribution in [2.75, 3.05) is 18.0 Å². The molecule has 6 nitrogen and oxygen atoms in total. The topological polar surface area (TPSA) is 58.9 Å². The first-order valence-electron chi connectivity index (χ1n) is 13.9. The van der Waals surface area contributed by atoms with Crippen LogP contribution in [-0.4, -0.2) is 34.7 Å². The lowest BCUT2D eigenvalue weighted by atomic mass is 9.89. The van der Waals surface area contributed by atoms with E-state index in [4.69, 9.17) is 4.11 Å². The Bertz CT molecular complexity index is 1580. The van der Waals surface area contributed by atoms with Gasteiger partial charge in [0.15, 0.2) is 0 Å². The Morgan fingerprint density at radius 1 is 1.08 bits per heavy atom. The number of pyridine rings is 1. The quantitative estimate of drug-likeness (QED) is 0.327. The summed E-state index contributed by atoms with van der Waals surface area (Å²) in [5, 5.41) is 2.88. The number of amides is 1. The van der Waals surface area contributed by atoms with Crippen molar-refractivity contribution in [2.45, 2.75) is 45.5 Å². The first kappa shape index (κ1) is 22.0. The molecule has 0 unspecified atom stereocenters. The third kappa shape index (κ3) is 5.77. The molecule has 5 rings (SSSR count). The summed E-state index contributed by atoms with van der Waals surface area (Å²) < 4.78 is 67.1. The van der Waals surface area contributed by atoms with E-state index in [0.29, 0.717) is 11.3 Å². The molecule has 1 amide bonds. The van der Waals surface area contributed by atoms with Crippen LogP contribution in [0.2, 0.25) is 0 Å². The van der Waals surface area contributed by atoms with E-state index in [-0.39, 0.29) is 47.8 Å². The summed E-state index contributed by atoms with van der Waals surface area (Å²) in [5.41, 5.74) is 3.94. The lowest BCUT2D eigenvalue weighted by Crippen LogP contribution is -2.32. The zero-order chi connectivity index (χ0) is 29.5. The highest BCUT2D eigenvalue weighted by atomic mass is 19.4. The number of anilines is 1. The number of piperidine rings is 1. The number of imidazole rings is 1. The molecule has 0 saturated carbocycles. The number of benzene rings is 2. The Labute approximate surface area is 223 Å². The average Bonchev–Trinajstić information content (AvgIpc) is 3.31. The van der Waals surface area contributed by atoms with Gasteiger partial charge < -0.3 is 15.0 Å². The van der Waals surface area contributed by atoms with Crippen LogP contribution in [0.3, 0.4) is 0 Å². The van der Waals surface area contributed by atoms with Crippen molar-refractivity contribution in [3.8, 4) is 5.75 Å². The Balaban J connectivity index is 1.18.